The first kappa shape index (κ1) is 13.6. The van der Waals surface area contributed by atoms with Gasteiger partial charge in [0.2, 0.25) is 0 Å². The first-order valence-corrected chi connectivity index (χ1v) is 5.89. The lowest BCUT2D eigenvalue weighted by Crippen LogP contribution is -2.12. The lowest BCUT2D eigenvalue weighted by Gasteiger charge is -2.04. The van der Waals surface area contributed by atoms with Gasteiger partial charge in [-0.25, -0.2) is 9.18 Å². The molecular weight excluding hydrogens is 273 g/mol. The molecule has 1 heterocycles. The highest BCUT2D eigenvalue weighted by atomic mass is 35.5. The smallest absolute Gasteiger partial charge is 0.338 e. The summed E-state index contributed by atoms with van der Waals surface area (Å²) in [6.07, 6.45) is 1.19. The molecule has 0 unspecified atom stereocenters. The summed E-state index contributed by atoms with van der Waals surface area (Å²) in [5, 5.41) is 11.9. The van der Waals surface area contributed by atoms with E-state index in [0.29, 0.717) is 18.8 Å². The van der Waals surface area contributed by atoms with Gasteiger partial charge < -0.3 is 14.8 Å². The number of furan rings is 1. The van der Waals surface area contributed by atoms with Crippen molar-refractivity contribution in [3.05, 3.63) is 58.3 Å². The first-order chi connectivity index (χ1) is 9.06. The van der Waals surface area contributed by atoms with Crippen LogP contribution in [0, 0.1) is 5.82 Å². The highest BCUT2D eigenvalue weighted by Crippen LogP contribution is 2.16. The van der Waals surface area contributed by atoms with Crippen LogP contribution < -0.4 is 5.32 Å². The molecule has 0 radical (unpaired) electrons. The Morgan fingerprint density at radius 1 is 1.37 bits per heavy atom. The Labute approximate surface area is 113 Å². The lowest BCUT2D eigenvalue weighted by molar-refractivity contribution is 0.0696. The molecule has 2 N–H and O–H groups in total. The largest absolute Gasteiger partial charge is 0.478 e. The van der Waals surface area contributed by atoms with E-state index in [1.807, 2.05) is 0 Å². The zero-order valence-electron chi connectivity index (χ0n) is 9.82. The molecule has 0 saturated heterocycles. The van der Waals surface area contributed by atoms with Gasteiger partial charge in [0, 0.05) is 6.54 Å². The van der Waals surface area contributed by atoms with Gasteiger partial charge in [-0.05, 0) is 23.8 Å². The van der Waals surface area contributed by atoms with Gasteiger partial charge in [0.25, 0.3) is 0 Å². The van der Waals surface area contributed by atoms with Crippen molar-refractivity contribution < 1.29 is 18.7 Å². The topological polar surface area (TPSA) is 62.5 Å². The molecule has 0 amide bonds. The minimum Gasteiger partial charge on any atom is -0.478 e. The summed E-state index contributed by atoms with van der Waals surface area (Å²) in [6, 6.07) is 5.91. The monoisotopic (exact) mass is 283 g/mol. The van der Waals surface area contributed by atoms with Gasteiger partial charge in [0.05, 0.1) is 17.1 Å². The summed E-state index contributed by atoms with van der Waals surface area (Å²) in [7, 11) is 0. The van der Waals surface area contributed by atoms with E-state index in [1.165, 1.54) is 24.5 Å². The molecule has 1 aromatic carbocycles. The minimum atomic E-state index is -1.03. The number of benzene rings is 1. The predicted octanol–water partition coefficient (Wildman–Crippen LogP) is 3.06. The molecule has 100 valence electrons. The van der Waals surface area contributed by atoms with E-state index in [1.54, 1.807) is 6.07 Å². The molecule has 0 spiro atoms. The molecule has 0 aliphatic rings. The molecular formula is C13H11ClFNO3. The Balaban J connectivity index is 1.88. The van der Waals surface area contributed by atoms with E-state index in [0.717, 1.165) is 5.56 Å². The Hall–Kier alpha value is -1.85. The van der Waals surface area contributed by atoms with Crippen molar-refractivity contribution in [1.82, 2.24) is 5.32 Å². The summed E-state index contributed by atoms with van der Waals surface area (Å²) < 4.78 is 18.0. The molecule has 4 nitrogen and oxygen atoms in total. The Bertz CT molecular complexity index is 597. The number of carbonyl (C=O) groups is 1. The number of carboxylic acids is 1. The first-order valence-electron chi connectivity index (χ1n) is 5.51. The highest BCUT2D eigenvalue weighted by Gasteiger charge is 2.07. The Morgan fingerprint density at radius 2 is 2.16 bits per heavy atom. The number of hydrogen-bond acceptors (Lipinski definition) is 3. The van der Waals surface area contributed by atoms with Gasteiger partial charge in [-0.15, -0.1) is 0 Å². The summed E-state index contributed by atoms with van der Waals surface area (Å²) >= 11 is 5.66. The van der Waals surface area contributed by atoms with Crippen LogP contribution >= 0.6 is 11.6 Å². The van der Waals surface area contributed by atoms with Crippen molar-refractivity contribution in [2.24, 2.45) is 0 Å². The Kier molecular flexibility index (Phi) is 4.19. The zero-order chi connectivity index (χ0) is 13.8. The fourth-order valence-corrected chi connectivity index (χ4v) is 1.77. The molecule has 0 saturated carbocycles. The van der Waals surface area contributed by atoms with Crippen molar-refractivity contribution in [3.63, 3.8) is 0 Å². The fraction of sp³-hybridized carbons (Fsp3) is 0.154. The Morgan fingerprint density at radius 3 is 2.79 bits per heavy atom. The van der Waals surface area contributed by atoms with Crippen LogP contribution in [0.25, 0.3) is 0 Å². The van der Waals surface area contributed by atoms with Crippen molar-refractivity contribution in [1.29, 1.82) is 0 Å². The molecule has 1 aromatic heterocycles. The van der Waals surface area contributed by atoms with Crippen molar-refractivity contribution >= 4 is 17.6 Å². The quantitative estimate of drug-likeness (QED) is 0.885. The number of rotatable bonds is 5. The maximum atomic E-state index is 12.9. The van der Waals surface area contributed by atoms with Gasteiger partial charge in [-0.1, -0.05) is 17.7 Å². The SMILES string of the molecule is O=C(O)c1coc(CNCc2ccc(F)c(Cl)c2)c1. The summed E-state index contributed by atoms with van der Waals surface area (Å²) in [5.41, 5.74) is 0.943. The van der Waals surface area contributed by atoms with Crippen molar-refractivity contribution in [2.75, 3.05) is 0 Å². The van der Waals surface area contributed by atoms with Gasteiger partial charge >= 0.3 is 5.97 Å². The number of aromatic carboxylic acids is 1. The second-order valence-electron chi connectivity index (χ2n) is 3.96. The van der Waals surface area contributed by atoms with Crippen LogP contribution in [0.4, 0.5) is 4.39 Å². The normalized spacial score (nSPS) is 10.6. The molecule has 2 rings (SSSR count). The van der Waals surface area contributed by atoms with E-state index >= 15 is 0 Å². The van der Waals surface area contributed by atoms with E-state index in [4.69, 9.17) is 21.1 Å². The fourth-order valence-electron chi connectivity index (χ4n) is 1.57. The second kappa shape index (κ2) is 5.86. The maximum absolute atomic E-state index is 12.9. The third kappa shape index (κ3) is 3.56. The van der Waals surface area contributed by atoms with Gasteiger partial charge in [-0.3, -0.25) is 0 Å². The maximum Gasteiger partial charge on any atom is 0.338 e. The number of nitrogens with one attached hydrogen (secondary N) is 1. The molecule has 0 atom stereocenters. The standard InChI is InChI=1S/C13H11ClFNO3/c14-11-3-8(1-2-12(11)15)5-16-6-10-4-9(7-19-10)13(17)18/h1-4,7,16H,5-6H2,(H,17,18). The van der Waals surface area contributed by atoms with Crippen LogP contribution in [-0.2, 0) is 13.1 Å². The third-order valence-corrected chi connectivity index (χ3v) is 2.80. The van der Waals surface area contributed by atoms with Gasteiger partial charge in [0.1, 0.15) is 17.8 Å². The number of hydrogen-bond donors (Lipinski definition) is 2. The highest BCUT2D eigenvalue weighted by molar-refractivity contribution is 6.30. The van der Waals surface area contributed by atoms with E-state index in [9.17, 15) is 9.18 Å². The molecule has 0 fully saturated rings. The van der Waals surface area contributed by atoms with Crippen LogP contribution in [0.3, 0.4) is 0 Å². The molecule has 0 bridgehead atoms. The van der Waals surface area contributed by atoms with E-state index < -0.39 is 11.8 Å². The van der Waals surface area contributed by atoms with Crippen LogP contribution in [0.5, 0.6) is 0 Å². The van der Waals surface area contributed by atoms with Crippen molar-refractivity contribution in [2.45, 2.75) is 13.1 Å². The molecule has 6 heteroatoms. The van der Waals surface area contributed by atoms with Crippen LogP contribution in [0.2, 0.25) is 5.02 Å². The zero-order valence-corrected chi connectivity index (χ0v) is 10.6. The minimum absolute atomic E-state index is 0.0745. The molecule has 0 aliphatic carbocycles. The predicted molar refractivity (Wildman–Crippen MR) is 67.6 cm³/mol. The molecule has 2 aromatic rings. The van der Waals surface area contributed by atoms with Crippen molar-refractivity contribution in [3.8, 4) is 0 Å². The number of halogens is 2. The third-order valence-electron chi connectivity index (χ3n) is 2.51. The lowest BCUT2D eigenvalue weighted by atomic mass is 10.2. The van der Waals surface area contributed by atoms with E-state index in [-0.39, 0.29) is 10.6 Å². The van der Waals surface area contributed by atoms with Crippen LogP contribution in [0.15, 0.2) is 34.9 Å². The van der Waals surface area contributed by atoms with E-state index in [2.05, 4.69) is 5.32 Å². The van der Waals surface area contributed by atoms with Gasteiger partial charge in [0.15, 0.2) is 0 Å². The van der Waals surface area contributed by atoms with Crippen LogP contribution in [-0.4, -0.2) is 11.1 Å². The summed E-state index contributed by atoms with van der Waals surface area (Å²) in [4.78, 5) is 10.6. The summed E-state index contributed by atoms with van der Waals surface area (Å²) in [6.45, 7) is 0.853. The number of carboxylic acid groups (broad SMARTS) is 1. The second-order valence-corrected chi connectivity index (χ2v) is 4.37. The average molecular weight is 284 g/mol. The van der Waals surface area contributed by atoms with Gasteiger partial charge in [-0.2, -0.15) is 0 Å². The summed E-state index contributed by atoms with van der Waals surface area (Å²) in [5.74, 6) is -0.964. The average Bonchev–Trinajstić information content (AvgIpc) is 2.83. The van der Waals surface area contributed by atoms with Crippen LogP contribution in [0.1, 0.15) is 21.7 Å². The molecule has 19 heavy (non-hydrogen) atoms. The molecule has 0 aliphatic heterocycles.